The summed E-state index contributed by atoms with van der Waals surface area (Å²) in [5, 5.41) is 3.13. The molecule has 0 bridgehead atoms. The van der Waals surface area contributed by atoms with Crippen LogP contribution in [-0.2, 0) is 4.79 Å². The van der Waals surface area contributed by atoms with E-state index in [1.165, 1.54) is 5.56 Å². The van der Waals surface area contributed by atoms with Crippen LogP contribution < -0.4 is 11.1 Å². The number of nitrogens with one attached hydrogen (secondary N) is 1. The van der Waals surface area contributed by atoms with Gasteiger partial charge in [0.1, 0.15) is 0 Å². The third-order valence-electron chi connectivity index (χ3n) is 4.56. The van der Waals surface area contributed by atoms with Gasteiger partial charge in [-0.25, -0.2) is 0 Å². The normalized spacial score (nSPS) is 24.4. The second-order valence-electron chi connectivity index (χ2n) is 7.31. The summed E-state index contributed by atoms with van der Waals surface area (Å²) in [6.45, 7) is 6.01. The summed E-state index contributed by atoms with van der Waals surface area (Å²) in [6.07, 6.45) is 4.36. The molecule has 1 amide bonds. The van der Waals surface area contributed by atoms with Crippen LogP contribution in [-0.4, -0.2) is 18.0 Å². The highest BCUT2D eigenvalue weighted by Gasteiger charge is 2.30. The van der Waals surface area contributed by atoms with Crippen molar-refractivity contribution in [2.75, 3.05) is 0 Å². The number of rotatable bonds is 3. The summed E-state index contributed by atoms with van der Waals surface area (Å²) in [5.41, 5.74) is 7.25. The van der Waals surface area contributed by atoms with Crippen LogP contribution in [0.4, 0.5) is 0 Å². The van der Waals surface area contributed by atoms with E-state index in [4.69, 9.17) is 5.73 Å². The van der Waals surface area contributed by atoms with Gasteiger partial charge in [-0.15, -0.1) is 0 Å². The number of nitrogens with two attached hydrogens (primary N) is 1. The van der Waals surface area contributed by atoms with E-state index in [-0.39, 0.29) is 17.4 Å². The van der Waals surface area contributed by atoms with Gasteiger partial charge in [0, 0.05) is 6.04 Å². The first-order valence-electron chi connectivity index (χ1n) is 7.99. The van der Waals surface area contributed by atoms with E-state index >= 15 is 0 Å². The number of carbonyl (C=O) groups excluding carboxylic acids is 1. The van der Waals surface area contributed by atoms with Crippen LogP contribution in [0.2, 0.25) is 0 Å². The molecule has 1 aliphatic rings. The molecule has 3 heteroatoms. The third kappa shape index (κ3) is 4.31. The fourth-order valence-corrected chi connectivity index (χ4v) is 2.98. The second kappa shape index (κ2) is 6.61. The number of hydrogen-bond donors (Lipinski definition) is 2. The van der Waals surface area contributed by atoms with Crippen molar-refractivity contribution in [2.24, 2.45) is 11.1 Å². The van der Waals surface area contributed by atoms with Crippen LogP contribution in [0, 0.1) is 5.41 Å². The Morgan fingerprint density at radius 3 is 2.24 bits per heavy atom. The number of amides is 1. The SMILES string of the molecule is CC(C)(C)[C@H](N)C(=O)NC1CCC(c2ccccc2)CC1. The van der Waals surface area contributed by atoms with E-state index in [9.17, 15) is 4.79 Å². The first-order chi connectivity index (χ1) is 9.88. The lowest BCUT2D eigenvalue weighted by atomic mass is 9.81. The van der Waals surface area contributed by atoms with Gasteiger partial charge < -0.3 is 11.1 Å². The molecule has 0 saturated heterocycles. The van der Waals surface area contributed by atoms with Gasteiger partial charge in [0.2, 0.25) is 5.91 Å². The highest BCUT2D eigenvalue weighted by Crippen LogP contribution is 2.32. The Morgan fingerprint density at radius 2 is 1.71 bits per heavy atom. The third-order valence-corrected chi connectivity index (χ3v) is 4.56. The molecule has 1 atom stereocenters. The Balaban J connectivity index is 1.83. The average Bonchev–Trinajstić information content (AvgIpc) is 2.47. The van der Waals surface area contributed by atoms with Crippen LogP contribution in [0.3, 0.4) is 0 Å². The van der Waals surface area contributed by atoms with Crippen molar-refractivity contribution in [3.8, 4) is 0 Å². The van der Waals surface area contributed by atoms with E-state index in [1.54, 1.807) is 0 Å². The van der Waals surface area contributed by atoms with E-state index in [0.717, 1.165) is 25.7 Å². The molecule has 1 fully saturated rings. The maximum Gasteiger partial charge on any atom is 0.237 e. The molecule has 0 spiro atoms. The molecule has 2 rings (SSSR count). The van der Waals surface area contributed by atoms with Crippen LogP contribution in [0.5, 0.6) is 0 Å². The minimum Gasteiger partial charge on any atom is -0.352 e. The van der Waals surface area contributed by atoms with Gasteiger partial charge >= 0.3 is 0 Å². The summed E-state index contributed by atoms with van der Waals surface area (Å²) in [7, 11) is 0. The minimum absolute atomic E-state index is 0.00865. The molecular weight excluding hydrogens is 260 g/mol. The van der Waals surface area contributed by atoms with Gasteiger partial charge in [0.15, 0.2) is 0 Å². The molecule has 0 aromatic heterocycles. The monoisotopic (exact) mass is 288 g/mol. The van der Waals surface area contributed by atoms with Gasteiger partial charge in [-0.1, -0.05) is 51.1 Å². The van der Waals surface area contributed by atoms with Gasteiger partial charge in [0.05, 0.1) is 6.04 Å². The lowest BCUT2D eigenvalue weighted by Crippen LogP contribution is -2.51. The lowest BCUT2D eigenvalue weighted by molar-refractivity contribution is -0.125. The summed E-state index contributed by atoms with van der Waals surface area (Å²) in [4.78, 5) is 12.2. The Hall–Kier alpha value is -1.35. The van der Waals surface area contributed by atoms with Crippen molar-refractivity contribution in [3.05, 3.63) is 35.9 Å². The predicted molar refractivity (Wildman–Crippen MR) is 87.0 cm³/mol. The standard InChI is InChI=1S/C18H28N2O/c1-18(2,3)16(19)17(21)20-15-11-9-14(10-12-15)13-7-5-4-6-8-13/h4-8,14-16H,9-12,19H2,1-3H3,(H,20,21)/t14?,15?,16-/m1/s1. The topological polar surface area (TPSA) is 55.1 Å². The molecule has 1 saturated carbocycles. The van der Waals surface area contributed by atoms with E-state index < -0.39 is 6.04 Å². The van der Waals surface area contributed by atoms with Gasteiger partial charge in [0.25, 0.3) is 0 Å². The highest BCUT2D eigenvalue weighted by atomic mass is 16.2. The van der Waals surface area contributed by atoms with Gasteiger partial charge in [-0.3, -0.25) is 4.79 Å². The Morgan fingerprint density at radius 1 is 1.14 bits per heavy atom. The Kier molecular flexibility index (Phi) is 5.04. The van der Waals surface area contributed by atoms with E-state index in [0.29, 0.717) is 5.92 Å². The van der Waals surface area contributed by atoms with Gasteiger partial charge in [-0.2, -0.15) is 0 Å². The smallest absolute Gasteiger partial charge is 0.237 e. The van der Waals surface area contributed by atoms with Crippen LogP contribution in [0.25, 0.3) is 0 Å². The number of benzene rings is 1. The molecule has 0 radical (unpaired) electrons. The molecule has 1 aromatic carbocycles. The highest BCUT2D eigenvalue weighted by molar-refractivity contribution is 5.82. The van der Waals surface area contributed by atoms with Crippen LogP contribution in [0.1, 0.15) is 57.9 Å². The van der Waals surface area contributed by atoms with Crippen LogP contribution in [0.15, 0.2) is 30.3 Å². The van der Waals surface area contributed by atoms with Gasteiger partial charge in [-0.05, 0) is 42.6 Å². The molecule has 1 aromatic rings. The lowest BCUT2D eigenvalue weighted by Gasteiger charge is -2.32. The summed E-state index contributed by atoms with van der Waals surface area (Å²) in [5.74, 6) is 0.626. The maximum absolute atomic E-state index is 12.2. The maximum atomic E-state index is 12.2. The first kappa shape index (κ1) is 16.0. The van der Waals surface area contributed by atoms with Crippen molar-refractivity contribution in [1.82, 2.24) is 5.32 Å². The van der Waals surface area contributed by atoms with Crippen molar-refractivity contribution < 1.29 is 4.79 Å². The van der Waals surface area contributed by atoms with Crippen LogP contribution >= 0.6 is 0 Å². The quantitative estimate of drug-likeness (QED) is 0.897. The molecular formula is C18H28N2O. The van der Waals surface area contributed by atoms with Crippen molar-refractivity contribution in [1.29, 1.82) is 0 Å². The second-order valence-corrected chi connectivity index (χ2v) is 7.31. The average molecular weight is 288 g/mol. The Labute approximate surface area is 128 Å². The van der Waals surface area contributed by atoms with Crippen molar-refractivity contribution in [2.45, 2.75) is 64.5 Å². The molecule has 0 aliphatic heterocycles. The zero-order valence-corrected chi connectivity index (χ0v) is 13.4. The zero-order valence-electron chi connectivity index (χ0n) is 13.4. The molecule has 1 aliphatic carbocycles. The summed E-state index contributed by atoms with van der Waals surface area (Å²) < 4.78 is 0. The zero-order chi connectivity index (χ0) is 15.5. The largest absolute Gasteiger partial charge is 0.352 e. The summed E-state index contributed by atoms with van der Waals surface area (Å²) >= 11 is 0. The summed E-state index contributed by atoms with van der Waals surface area (Å²) in [6, 6.07) is 10.5. The molecule has 116 valence electrons. The van der Waals surface area contributed by atoms with Crippen molar-refractivity contribution >= 4 is 5.91 Å². The molecule has 3 nitrogen and oxygen atoms in total. The molecule has 0 heterocycles. The molecule has 21 heavy (non-hydrogen) atoms. The Bertz CT molecular complexity index is 456. The van der Waals surface area contributed by atoms with Crippen molar-refractivity contribution in [3.63, 3.8) is 0 Å². The molecule has 0 unspecified atom stereocenters. The fraction of sp³-hybridized carbons (Fsp3) is 0.611. The predicted octanol–water partition coefficient (Wildman–Crippen LogP) is 3.20. The number of hydrogen-bond acceptors (Lipinski definition) is 2. The van der Waals surface area contributed by atoms with E-state index in [1.807, 2.05) is 20.8 Å². The van der Waals surface area contributed by atoms with E-state index in [2.05, 4.69) is 35.6 Å². The fourth-order valence-electron chi connectivity index (χ4n) is 2.98. The number of carbonyl (C=O) groups is 1. The minimum atomic E-state index is -0.440. The first-order valence-corrected chi connectivity index (χ1v) is 7.99. The molecule has 3 N–H and O–H groups in total.